The summed E-state index contributed by atoms with van der Waals surface area (Å²) < 4.78 is 7.94. The summed E-state index contributed by atoms with van der Waals surface area (Å²) in [7, 11) is 1.74. The molecule has 0 atom stereocenters. The van der Waals surface area contributed by atoms with Gasteiger partial charge in [0.25, 0.3) is 0 Å². The zero-order valence-electron chi connectivity index (χ0n) is 23.3. The van der Waals surface area contributed by atoms with E-state index in [0.717, 1.165) is 75.8 Å². The minimum atomic E-state index is 0.694. The van der Waals surface area contributed by atoms with E-state index in [-0.39, 0.29) is 0 Å². The molecule has 0 spiro atoms. The Morgan fingerprint density at radius 2 is 1.64 bits per heavy atom. The molecule has 5 nitrogen and oxygen atoms in total. The van der Waals surface area contributed by atoms with Gasteiger partial charge in [-0.05, 0) is 72.0 Å². The molecular weight excluding hydrogens is 504 g/mol. The fourth-order valence-electron chi connectivity index (χ4n) is 5.77. The van der Waals surface area contributed by atoms with Crippen LogP contribution in [0, 0.1) is 0 Å². The number of nitrogens with zero attached hydrogens (tertiary/aromatic N) is 3. The quantitative estimate of drug-likeness (QED) is 0.231. The summed E-state index contributed by atoms with van der Waals surface area (Å²) in [6.45, 7) is 9.98. The Bertz CT molecular complexity index is 1390. The topological polar surface area (TPSA) is 46.7 Å². The molecule has 1 saturated heterocycles. The second-order valence-electron chi connectivity index (χ2n) is 10.6. The molecule has 2 N–H and O–H groups in total. The highest BCUT2D eigenvalue weighted by Gasteiger charge is 2.19. The average molecular weight is 545 g/mol. The number of piperazine rings is 1. The van der Waals surface area contributed by atoms with Gasteiger partial charge < -0.3 is 15.0 Å². The highest BCUT2D eigenvalue weighted by molar-refractivity contribution is 6.31. The zero-order chi connectivity index (χ0) is 27.2. The number of nitrogens with two attached hydrogens (primary N) is 1. The first-order valence-electron chi connectivity index (χ1n) is 14.3. The first-order valence-corrected chi connectivity index (χ1v) is 14.6. The summed E-state index contributed by atoms with van der Waals surface area (Å²) in [4.78, 5) is 5.08. The van der Waals surface area contributed by atoms with Gasteiger partial charge in [0, 0.05) is 73.5 Å². The fraction of sp³-hybridized carbons (Fsp3) is 0.394. The smallest absolute Gasteiger partial charge is 0.119 e. The number of methoxy groups -OCH3 is 1. The van der Waals surface area contributed by atoms with Gasteiger partial charge in [-0.15, -0.1) is 0 Å². The second kappa shape index (κ2) is 13.0. The van der Waals surface area contributed by atoms with Crippen molar-refractivity contribution in [3.05, 3.63) is 88.6 Å². The molecule has 3 aromatic carbocycles. The van der Waals surface area contributed by atoms with E-state index in [1.165, 1.54) is 38.7 Å². The molecule has 1 aromatic heterocycles. The van der Waals surface area contributed by atoms with Gasteiger partial charge >= 0.3 is 0 Å². The Balaban J connectivity index is 1.37. The summed E-state index contributed by atoms with van der Waals surface area (Å²) in [6, 6.07) is 21.7. The van der Waals surface area contributed by atoms with E-state index in [2.05, 4.69) is 76.0 Å². The molecule has 1 aliphatic rings. The Hall–Kier alpha value is -2.83. The third kappa shape index (κ3) is 6.50. The van der Waals surface area contributed by atoms with E-state index in [9.17, 15) is 0 Å². The van der Waals surface area contributed by atoms with Crippen LogP contribution < -0.4 is 10.5 Å². The van der Waals surface area contributed by atoms with Crippen LogP contribution in [-0.4, -0.2) is 54.2 Å². The minimum absolute atomic E-state index is 0.694. The van der Waals surface area contributed by atoms with E-state index in [1.54, 1.807) is 7.11 Å². The van der Waals surface area contributed by atoms with Crippen molar-refractivity contribution in [1.29, 1.82) is 0 Å². The maximum absolute atomic E-state index is 6.41. The van der Waals surface area contributed by atoms with Gasteiger partial charge in [-0.1, -0.05) is 55.3 Å². The minimum Gasteiger partial charge on any atom is -0.497 e. The number of halogens is 1. The molecule has 2 heterocycles. The predicted octanol–water partition coefficient (Wildman–Crippen LogP) is 6.59. The van der Waals surface area contributed by atoms with Crippen molar-refractivity contribution in [2.45, 2.75) is 45.8 Å². The number of hydrogen-bond acceptors (Lipinski definition) is 4. The molecule has 0 saturated carbocycles. The van der Waals surface area contributed by atoms with Crippen LogP contribution in [0.4, 0.5) is 0 Å². The molecule has 0 amide bonds. The Labute approximate surface area is 238 Å². The van der Waals surface area contributed by atoms with Crippen molar-refractivity contribution in [3.63, 3.8) is 0 Å². The summed E-state index contributed by atoms with van der Waals surface area (Å²) in [5.74, 6) is 0.920. The van der Waals surface area contributed by atoms with Crippen LogP contribution >= 0.6 is 11.6 Å². The van der Waals surface area contributed by atoms with Crippen LogP contribution in [0.15, 0.2) is 66.9 Å². The lowest BCUT2D eigenvalue weighted by atomic mass is 9.95. The Kier molecular flexibility index (Phi) is 9.25. The predicted molar refractivity (Wildman–Crippen MR) is 164 cm³/mol. The number of fused-ring (bicyclic) bond motifs is 1. The van der Waals surface area contributed by atoms with Crippen molar-refractivity contribution >= 4 is 22.5 Å². The normalized spacial score (nSPS) is 14.8. The molecule has 1 aliphatic heterocycles. The first kappa shape index (κ1) is 27.7. The van der Waals surface area contributed by atoms with Crippen LogP contribution in [0.25, 0.3) is 22.0 Å². The Morgan fingerprint density at radius 3 is 2.36 bits per heavy atom. The molecule has 0 bridgehead atoms. The Morgan fingerprint density at radius 1 is 0.872 bits per heavy atom. The standard InChI is InChI=1S/C33H41ClN4O/c1-3-7-26-21-28(39-2)11-12-29(26)31-24-38(15-6-14-35)33-13-10-25(20-30(31)33)22-36-16-18-37(19-17-36)23-27-8-4-5-9-32(27)34/h4-5,8-13,20-21,24H,3,6-7,14-19,22-23,35H2,1-2H3. The molecule has 206 valence electrons. The summed E-state index contributed by atoms with van der Waals surface area (Å²) >= 11 is 6.41. The summed E-state index contributed by atoms with van der Waals surface area (Å²) in [5.41, 5.74) is 13.7. The van der Waals surface area contributed by atoms with Gasteiger partial charge in [0.15, 0.2) is 0 Å². The van der Waals surface area contributed by atoms with Gasteiger partial charge in [0.1, 0.15) is 5.75 Å². The lowest BCUT2D eigenvalue weighted by Crippen LogP contribution is -2.45. The summed E-state index contributed by atoms with van der Waals surface area (Å²) in [6.07, 6.45) is 5.42. The molecule has 6 heteroatoms. The molecule has 0 aliphatic carbocycles. The molecule has 5 rings (SSSR count). The zero-order valence-corrected chi connectivity index (χ0v) is 24.1. The second-order valence-corrected chi connectivity index (χ2v) is 11.1. The van der Waals surface area contributed by atoms with E-state index in [4.69, 9.17) is 22.1 Å². The van der Waals surface area contributed by atoms with Crippen LogP contribution in [0.5, 0.6) is 5.75 Å². The molecule has 0 unspecified atom stereocenters. The third-order valence-electron chi connectivity index (χ3n) is 7.89. The summed E-state index contributed by atoms with van der Waals surface area (Å²) in [5, 5.41) is 2.19. The number of rotatable bonds is 11. The maximum Gasteiger partial charge on any atom is 0.119 e. The molecule has 1 fully saturated rings. The monoisotopic (exact) mass is 544 g/mol. The van der Waals surface area contributed by atoms with Crippen molar-refractivity contribution in [2.75, 3.05) is 39.8 Å². The molecule has 39 heavy (non-hydrogen) atoms. The van der Waals surface area contributed by atoms with Crippen molar-refractivity contribution in [3.8, 4) is 16.9 Å². The highest BCUT2D eigenvalue weighted by atomic mass is 35.5. The van der Waals surface area contributed by atoms with E-state index >= 15 is 0 Å². The van der Waals surface area contributed by atoms with Crippen LogP contribution in [0.1, 0.15) is 36.5 Å². The van der Waals surface area contributed by atoms with Gasteiger partial charge in [0.05, 0.1) is 7.11 Å². The van der Waals surface area contributed by atoms with E-state index < -0.39 is 0 Å². The van der Waals surface area contributed by atoms with Crippen LogP contribution in [0.2, 0.25) is 5.02 Å². The van der Waals surface area contributed by atoms with Crippen molar-refractivity contribution in [2.24, 2.45) is 5.73 Å². The van der Waals surface area contributed by atoms with Gasteiger partial charge in [0.2, 0.25) is 0 Å². The number of hydrogen-bond donors (Lipinski definition) is 1. The van der Waals surface area contributed by atoms with Crippen LogP contribution in [-0.2, 0) is 26.1 Å². The van der Waals surface area contributed by atoms with Crippen molar-refractivity contribution in [1.82, 2.24) is 14.4 Å². The first-order chi connectivity index (χ1) is 19.1. The molecule has 4 aromatic rings. The van der Waals surface area contributed by atoms with Gasteiger partial charge in [-0.2, -0.15) is 0 Å². The largest absolute Gasteiger partial charge is 0.497 e. The van der Waals surface area contributed by atoms with Gasteiger partial charge in [-0.25, -0.2) is 0 Å². The van der Waals surface area contributed by atoms with Crippen LogP contribution in [0.3, 0.4) is 0 Å². The SMILES string of the molecule is CCCc1cc(OC)ccc1-c1cn(CCCN)c2ccc(CN3CCN(Cc4ccccc4Cl)CC3)cc12. The molecule has 0 radical (unpaired) electrons. The number of benzene rings is 3. The van der Waals surface area contributed by atoms with E-state index in [0.29, 0.717) is 6.54 Å². The molecular formula is C33H41ClN4O. The van der Waals surface area contributed by atoms with Gasteiger partial charge in [-0.3, -0.25) is 9.80 Å². The number of aryl methyl sites for hydroxylation is 2. The van der Waals surface area contributed by atoms with Crippen molar-refractivity contribution < 1.29 is 4.74 Å². The van der Waals surface area contributed by atoms with E-state index in [1.807, 2.05) is 12.1 Å². The third-order valence-corrected chi connectivity index (χ3v) is 8.26. The lowest BCUT2D eigenvalue weighted by Gasteiger charge is -2.35. The average Bonchev–Trinajstić information content (AvgIpc) is 3.31. The number of aromatic nitrogens is 1. The fourth-order valence-corrected chi connectivity index (χ4v) is 5.97. The lowest BCUT2D eigenvalue weighted by molar-refractivity contribution is 0.122. The maximum atomic E-state index is 6.41. The number of ether oxygens (including phenoxy) is 1. The highest BCUT2D eigenvalue weighted by Crippen LogP contribution is 2.36.